The number of nitriles is 1. The summed E-state index contributed by atoms with van der Waals surface area (Å²) in [5, 5.41) is 21.2. The molecule has 1 aliphatic rings. The summed E-state index contributed by atoms with van der Waals surface area (Å²) < 4.78 is 5.36. The predicted octanol–water partition coefficient (Wildman–Crippen LogP) is -0.926. The number of aliphatic hydroxyl groups is 1. The summed E-state index contributed by atoms with van der Waals surface area (Å²) in [6.45, 7) is 12.0. The van der Waals surface area contributed by atoms with Crippen LogP contribution in [0, 0.1) is 18.3 Å². The van der Waals surface area contributed by atoms with Crippen molar-refractivity contribution < 1.29 is 20.1 Å². The Hall–Kier alpha value is -1.65. The summed E-state index contributed by atoms with van der Waals surface area (Å²) in [5.41, 5.74) is 3.75. The number of aliphatic hydroxyl groups excluding tert-OH is 1. The van der Waals surface area contributed by atoms with Crippen molar-refractivity contribution in [1.29, 1.82) is 5.26 Å². The smallest absolute Gasteiger partial charge is 0.151 e. The van der Waals surface area contributed by atoms with Gasteiger partial charge < -0.3 is 25.0 Å². The largest absolute Gasteiger partial charge is 0.382 e. The van der Waals surface area contributed by atoms with Gasteiger partial charge in [-0.15, -0.1) is 0 Å². The highest BCUT2D eigenvalue weighted by atomic mass is 16.5. The normalized spacial score (nSPS) is 16.2. The van der Waals surface area contributed by atoms with Crippen molar-refractivity contribution in [2.75, 3.05) is 57.4 Å². The molecule has 2 rings (SSSR count). The lowest BCUT2D eigenvalue weighted by molar-refractivity contribution is -0.912. The van der Waals surface area contributed by atoms with Crippen LogP contribution in [-0.2, 0) is 11.3 Å². The van der Waals surface area contributed by atoms with E-state index in [1.165, 1.54) is 21.7 Å². The molecule has 144 valence electrons. The van der Waals surface area contributed by atoms with Crippen LogP contribution in [0.5, 0.6) is 0 Å². The van der Waals surface area contributed by atoms with E-state index in [2.05, 4.69) is 48.3 Å². The number of anilines is 1. The molecule has 4 N–H and O–H groups in total. The van der Waals surface area contributed by atoms with E-state index in [0.717, 1.165) is 59.0 Å². The Morgan fingerprint density at radius 3 is 2.81 bits per heavy atom. The molecule has 1 saturated heterocycles. The molecule has 0 aliphatic carbocycles. The minimum atomic E-state index is -0.274. The molecule has 6 nitrogen and oxygen atoms in total. The number of nitrogens with one attached hydrogen (secondary N) is 1. The molecule has 0 saturated carbocycles. The van der Waals surface area contributed by atoms with Crippen LogP contribution in [0.2, 0.25) is 0 Å². The fourth-order valence-corrected chi connectivity index (χ4v) is 3.47. The molecule has 0 spiro atoms. The Kier molecular flexibility index (Phi) is 8.86. The maximum atomic E-state index is 10.3. The number of aryl methyl sites for hydroxylation is 1. The van der Waals surface area contributed by atoms with Gasteiger partial charge in [-0.2, -0.15) is 5.26 Å². The van der Waals surface area contributed by atoms with Crippen LogP contribution in [0.1, 0.15) is 24.5 Å². The molecule has 0 unspecified atom stereocenters. The molecule has 1 aromatic rings. The van der Waals surface area contributed by atoms with E-state index in [4.69, 9.17) is 10.00 Å². The van der Waals surface area contributed by atoms with Crippen LogP contribution in [0.4, 0.5) is 5.69 Å². The van der Waals surface area contributed by atoms with Crippen LogP contribution in [-0.4, -0.2) is 63.7 Å². The monoisotopic (exact) mass is 362 g/mol. The number of hydrogen-bond donors (Lipinski definition) is 3. The number of nitrogens with two attached hydrogens (primary N) is 1. The quantitative estimate of drug-likeness (QED) is 0.503. The van der Waals surface area contributed by atoms with E-state index in [9.17, 15) is 5.11 Å². The Morgan fingerprint density at radius 2 is 2.15 bits per heavy atom. The van der Waals surface area contributed by atoms with E-state index in [1.54, 1.807) is 0 Å². The molecule has 0 aromatic heterocycles. The Bertz CT molecular complexity index is 582. The fraction of sp³-hybridized carbons (Fsp3) is 0.650. The van der Waals surface area contributed by atoms with Gasteiger partial charge in [-0.1, -0.05) is 6.07 Å². The van der Waals surface area contributed by atoms with Crippen molar-refractivity contribution in [1.82, 2.24) is 0 Å². The summed E-state index contributed by atoms with van der Waals surface area (Å²) in [6, 6.07) is 8.74. The van der Waals surface area contributed by atoms with Crippen LogP contribution in [0.15, 0.2) is 18.2 Å². The predicted molar refractivity (Wildman–Crippen MR) is 102 cm³/mol. The fourth-order valence-electron chi connectivity index (χ4n) is 3.47. The second-order valence-electron chi connectivity index (χ2n) is 7.05. The summed E-state index contributed by atoms with van der Waals surface area (Å²) in [5.74, 6) is 0. The van der Waals surface area contributed by atoms with Crippen molar-refractivity contribution in [3.8, 4) is 6.07 Å². The number of ether oxygens (including phenoxy) is 1. The van der Waals surface area contributed by atoms with Crippen molar-refractivity contribution >= 4 is 5.69 Å². The third-order valence-corrected chi connectivity index (χ3v) is 5.09. The molecule has 1 aliphatic heterocycles. The zero-order valence-corrected chi connectivity index (χ0v) is 16.2. The number of hydrogen-bond acceptors (Lipinski definition) is 4. The Labute approximate surface area is 157 Å². The molecular formula is C20H34N4O2+2. The van der Waals surface area contributed by atoms with E-state index in [1.807, 2.05) is 0 Å². The molecule has 0 bridgehead atoms. The van der Waals surface area contributed by atoms with E-state index in [-0.39, 0.29) is 6.10 Å². The number of quaternary nitrogens is 2. The maximum Gasteiger partial charge on any atom is 0.151 e. The number of rotatable bonds is 10. The van der Waals surface area contributed by atoms with Crippen LogP contribution >= 0.6 is 0 Å². The molecule has 1 heterocycles. The highest BCUT2D eigenvalue weighted by molar-refractivity contribution is 5.50. The first-order valence-electron chi connectivity index (χ1n) is 9.76. The van der Waals surface area contributed by atoms with Crippen molar-refractivity contribution in [3.05, 3.63) is 29.3 Å². The van der Waals surface area contributed by atoms with Crippen molar-refractivity contribution in [2.24, 2.45) is 0 Å². The lowest BCUT2D eigenvalue weighted by Crippen LogP contribution is -3.15. The molecular weight excluding hydrogens is 328 g/mol. The van der Waals surface area contributed by atoms with Gasteiger partial charge in [0.25, 0.3) is 0 Å². The van der Waals surface area contributed by atoms with Gasteiger partial charge in [0.05, 0.1) is 25.7 Å². The number of nitrogens with zero attached hydrogens (tertiary/aromatic N) is 2. The molecule has 1 aromatic carbocycles. The number of morpholine rings is 1. The van der Waals surface area contributed by atoms with Crippen molar-refractivity contribution in [2.45, 2.75) is 32.9 Å². The first-order valence-corrected chi connectivity index (χ1v) is 9.76. The van der Waals surface area contributed by atoms with E-state index in [0.29, 0.717) is 6.42 Å². The lowest BCUT2D eigenvalue weighted by Gasteiger charge is -2.25. The van der Waals surface area contributed by atoms with E-state index >= 15 is 0 Å². The second-order valence-corrected chi connectivity index (χ2v) is 7.05. The second kappa shape index (κ2) is 11.1. The van der Waals surface area contributed by atoms with Gasteiger partial charge in [-0.25, -0.2) is 0 Å². The minimum Gasteiger partial charge on any atom is -0.382 e. The van der Waals surface area contributed by atoms with Gasteiger partial charge in [0, 0.05) is 24.3 Å². The maximum absolute atomic E-state index is 10.3. The summed E-state index contributed by atoms with van der Waals surface area (Å²) >= 11 is 0. The molecule has 0 radical (unpaired) electrons. The van der Waals surface area contributed by atoms with Gasteiger partial charge in [-0.05, 0) is 31.5 Å². The molecule has 1 atom stereocenters. The third-order valence-electron chi connectivity index (χ3n) is 5.09. The summed E-state index contributed by atoms with van der Waals surface area (Å²) in [6.07, 6.45) is 0.273. The summed E-state index contributed by atoms with van der Waals surface area (Å²) in [4.78, 5) is 3.67. The minimum absolute atomic E-state index is 0.274. The summed E-state index contributed by atoms with van der Waals surface area (Å²) in [7, 11) is 0. The van der Waals surface area contributed by atoms with Gasteiger partial charge in [0.15, 0.2) is 6.10 Å². The van der Waals surface area contributed by atoms with Crippen LogP contribution < -0.4 is 15.1 Å². The first kappa shape index (κ1) is 20.7. The van der Waals surface area contributed by atoms with Gasteiger partial charge >= 0.3 is 0 Å². The Morgan fingerprint density at radius 1 is 1.38 bits per heavy atom. The topological polar surface area (TPSA) is 77.5 Å². The average molecular weight is 363 g/mol. The first-order chi connectivity index (χ1) is 12.6. The Balaban J connectivity index is 1.79. The zero-order chi connectivity index (χ0) is 18.8. The van der Waals surface area contributed by atoms with Crippen LogP contribution in [0.3, 0.4) is 0 Å². The molecule has 0 amide bonds. The molecule has 6 heteroatoms. The zero-order valence-electron chi connectivity index (χ0n) is 16.2. The molecule has 1 fully saturated rings. The van der Waals surface area contributed by atoms with Gasteiger partial charge in [0.1, 0.15) is 32.7 Å². The van der Waals surface area contributed by atoms with Gasteiger partial charge in [-0.3, -0.25) is 0 Å². The standard InChI is InChI=1S/C20H32N4O2/c1-3-24(8-4-7-21)19-6-5-18(17(2)13-19)14-22-15-20(25)16-23-9-11-26-12-10-23/h5-6,13,20,22,25H,3-4,8-12,14-16H2,1-2H3/p+2/t20-/m1/s1. The van der Waals surface area contributed by atoms with E-state index < -0.39 is 0 Å². The molecule has 26 heavy (non-hydrogen) atoms. The van der Waals surface area contributed by atoms with Crippen molar-refractivity contribution in [3.63, 3.8) is 0 Å². The highest BCUT2D eigenvalue weighted by Crippen LogP contribution is 2.19. The SMILES string of the molecule is CCN(CCC#N)c1ccc(C[NH2+]C[C@@H](O)C[NH+]2CCOCC2)c(C)c1. The van der Waals surface area contributed by atoms with Crippen LogP contribution in [0.25, 0.3) is 0 Å². The highest BCUT2D eigenvalue weighted by Gasteiger charge is 2.19. The number of benzene rings is 1. The third kappa shape index (κ3) is 6.58. The lowest BCUT2D eigenvalue weighted by atomic mass is 10.1. The van der Waals surface area contributed by atoms with Gasteiger partial charge in [0.2, 0.25) is 0 Å². The average Bonchev–Trinajstić information content (AvgIpc) is 2.65.